The van der Waals surface area contributed by atoms with E-state index in [-0.39, 0.29) is 11.4 Å². The molecular weight excluding hydrogens is 236 g/mol. The fourth-order valence-corrected chi connectivity index (χ4v) is 2.63. The van der Waals surface area contributed by atoms with Gasteiger partial charge in [-0.15, -0.1) is 0 Å². The Kier molecular flexibility index (Phi) is 2.78. The molecule has 3 rings (SSSR count). The monoisotopic (exact) mass is 251 g/mol. The summed E-state index contributed by atoms with van der Waals surface area (Å²) in [5, 5.41) is 3.36. The van der Waals surface area contributed by atoms with E-state index in [9.17, 15) is 8.78 Å². The van der Waals surface area contributed by atoms with E-state index in [1.807, 2.05) is 0 Å². The molecule has 1 aromatic carbocycles. The van der Waals surface area contributed by atoms with Crippen molar-refractivity contribution in [2.45, 2.75) is 31.7 Å². The van der Waals surface area contributed by atoms with Crippen LogP contribution in [0, 0.1) is 11.6 Å². The van der Waals surface area contributed by atoms with Gasteiger partial charge in [-0.3, -0.25) is 0 Å². The van der Waals surface area contributed by atoms with Crippen LogP contribution in [0.25, 0.3) is 11.0 Å². The van der Waals surface area contributed by atoms with Crippen LogP contribution >= 0.6 is 0 Å². The van der Waals surface area contributed by atoms with Crippen LogP contribution in [0.15, 0.2) is 12.1 Å². The Balaban J connectivity index is 2.00. The van der Waals surface area contributed by atoms with Crippen LogP contribution in [0.5, 0.6) is 0 Å². The van der Waals surface area contributed by atoms with Gasteiger partial charge in [0.2, 0.25) is 0 Å². The molecule has 1 aromatic heterocycles. The van der Waals surface area contributed by atoms with E-state index in [1.165, 1.54) is 6.07 Å². The Morgan fingerprint density at radius 3 is 2.94 bits per heavy atom. The van der Waals surface area contributed by atoms with Gasteiger partial charge in [0.15, 0.2) is 5.82 Å². The summed E-state index contributed by atoms with van der Waals surface area (Å²) in [5.74, 6) is -0.123. The summed E-state index contributed by atoms with van der Waals surface area (Å²) in [6.07, 6.45) is 1.93. The Hall–Kier alpha value is -1.49. The highest BCUT2D eigenvalue weighted by Crippen LogP contribution is 2.28. The number of nitrogens with zero attached hydrogens (tertiary/aromatic N) is 1. The number of piperidine rings is 1. The van der Waals surface area contributed by atoms with Crippen LogP contribution in [-0.4, -0.2) is 22.6 Å². The topological polar surface area (TPSA) is 40.7 Å². The van der Waals surface area contributed by atoms with Crippen molar-refractivity contribution in [1.82, 2.24) is 15.3 Å². The van der Waals surface area contributed by atoms with Gasteiger partial charge in [0.05, 0.1) is 5.52 Å². The fraction of sp³-hybridized carbons (Fsp3) is 0.462. The normalized spacial score (nSPS) is 24.6. The van der Waals surface area contributed by atoms with Crippen molar-refractivity contribution < 1.29 is 8.78 Å². The molecule has 1 aliphatic rings. The molecule has 0 bridgehead atoms. The summed E-state index contributed by atoms with van der Waals surface area (Å²) < 4.78 is 26.7. The molecule has 3 nitrogen and oxygen atoms in total. The zero-order valence-corrected chi connectivity index (χ0v) is 10.1. The zero-order chi connectivity index (χ0) is 12.7. The number of imidazole rings is 1. The van der Waals surface area contributed by atoms with Gasteiger partial charge >= 0.3 is 0 Å². The molecule has 1 saturated heterocycles. The third kappa shape index (κ3) is 1.99. The largest absolute Gasteiger partial charge is 0.342 e. The second kappa shape index (κ2) is 4.31. The summed E-state index contributed by atoms with van der Waals surface area (Å²) in [4.78, 5) is 7.34. The first kappa shape index (κ1) is 11.6. The molecule has 96 valence electrons. The SMILES string of the molecule is CC1CC(c2nc3c(F)cc(F)cc3[nH]2)CCN1. The summed E-state index contributed by atoms with van der Waals surface area (Å²) in [6, 6.07) is 2.59. The Bertz CT molecular complexity index is 579. The second-order valence-electron chi connectivity index (χ2n) is 4.98. The van der Waals surface area contributed by atoms with E-state index in [0.717, 1.165) is 31.3 Å². The molecule has 1 aliphatic heterocycles. The molecule has 0 aliphatic carbocycles. The molecule has 0 saturated carbocycles. The summed E-state index contributed by atoms with van der Waals surface area (Å²) in [6.45, 7) is 3.05. The molecule has 2 aromatic rings. The molecule has 0 radical (unpaired) electrons. The first-order valence-corrected chi connectivity index (χ1v) is 6.21. The van der Waals surface area contributed by atoms with Crippen LogP contribution in [0.3, 0.4) is 0 Å². The average Bonchev–Trinajstić information content (AvgIpc) is 2.73. The van der Waals surface area contributed by atoms with E-state index < -0.39 is 11.6 Å². The van der Waals surface area contributed by atoms with E-state index in [1.54, 1.807) is 0 Å². The van der Waals surface area contributed by atoms with Crippen molar-refractivity contribution in [3.63, 3.8) is 0 Å². The molecule has 2 unspecified atom stereocenters. The molecule has 18 heavy (non-hydrogen) atoms. The number of aromatic nitrogens is 2. The maximum Gasteiger partial charge on any atom is 0.153 e. The highest BCUT2D eigenvalue weighted by molar-refractivity contribution is 5.75. The third-order valence-corrected chi connectivity index (χ3v) is 3.53. The van der Waals surface area contributed by atoms with Gasteiger partial charge in [0.25, 0.3) is 0 Å². The number of halogens is 2. The first-order chi connectivity index (χ1) is 8.63. The molecule has 0 spiro atoms. The Labute approximate surface area is 104 Å². The molecular formula is C13H15F2N3. The summed E-state index contributed by atoms with van der Waals surface area (Å²) >= 11 is 0. The molecule has 1 fully saturated rings. The maximum atomic E-state index is 13.6. The molecule has 2 atom stereocenters. The molecule has 2 N–H and O–H groups in total. The number of nitrogens with one attached hydrogen (secondary N) is 2. The minimum Gasteiger partial charge on any atom is -0.342 e. The Morgan fingerprint density at radius 1 is 1.33 bits per heavy atom. The van der Waals surface area contributed by atoms with Crippen LogP contribution < -0.4 is 5.32 Å². The quantitative estimate of drug-likeness (QED) is 0.818. The van der Waals surface area contributed by atoms with Gasteiger partial charge in [-0.2, -0.15) is 0 Å². The minimum atomic E-state index is -0.602. The van der Waals surface area contributed by atoms with E-state index in [4.69, 9.17) is 0 Å². The van der Waals surface area contributed by atoms with Gasteiger partial charge in [0, 0.05) is 18.0 Å². The fourth-order valence-electron chi connectivity index (χ4n) is 2.63. The van der Waals surface area contributed by atoms with Crippen molar-refractivity contribution >= 4 is 11.0 Å². The predicted octanol–water partition coefficient (Wildman–Crippen LogP) is 2.70. The standard InChI is InChI=1S/C13H15F2N3/c1-7-4-8(2-3-16-7)13-17-11-6-9(14)5-10(15)12(11)18-13/h5-8,16H,2-4H2,1H3,(H,17,18). The highest BCUT2D eigenvalue weighted by Gasteiger charge is 2.23. The zero-order valence-electron chi connectivity index (χ0n) is 10.1. The van der Waals surface area contributed by atoms with Crippen molar-refractivity contribution in [3.8, 4) is 0 Å². The van der Waals surface area contributed by atoms with Crippen molar-refractivity contribution in [1.29, 1.82) is 0 Å². The number of aromatic amines is 1. The van der Waals surface area contributed by atoms with Crippen LogP contribution in [0.1, 0.15) is 31.5 Å². The molecule has 2 heterocycles. The van der Waals surface area contributed by atoms with E-state index >= 15 is 0 Å². The maximum absolute atomic E-state index is 13.6. The number of hydrogen-bond donors (Lipinski definition) is 2. The number of fused-ring (bicyclic) bond motifs is 1. The van der Waals surface area contributed by atoms with Gasteiger partial charge in [-0.25, -0.2) is 13.8 Å². The van der Waals surface area contributed by atoms with Crippen LogP contribution in [-0.2, 0) is 0 Å². The summed E-state index contributed by atoms with van der Waals surface area (Å²) in [5.41, 5.74) is 0.672. The van der Waals surface area contributed by atoms with Crippen molar-refractivity contribution in [2.24, 2.45) is 0 Å². The molecule has 5 heteroatoms. The van der Waals surface area contributed by atoms with Crippen molar-refractivity contribution in [3.05, 3.63) is 29.6 Å². The predicted molar refractivity (Wildman–Crippen MR) is 65.4 cm³/mol. The minimum absolute atomic E-state index is 0.234. The number of rotatable bonds is 1. The highest BCUT2D eigenvalue weighted by atomic mass is 19.1. The lowest BCUT2D eigenvalue weighted by molar-refractivity contribution is 0.373. The Morgan fingerprint density at radius 2 is 2.17 bits per heavy atom. The van der Waals surface area contributed by atoms with Gasteiger partial charge in [-0.05, 0) is 32.4 Å². The number of H-pyrrole nitrogens is 1. The van der Waals surface area contributed by atoms with Gasteiger partial charge < -0.3 is 10.3 Å². The third-order valence-electron chi connectivity index (χ3n) is 3.53. The van der Waals surface area contributed by atoms with Crippen LogP contribution in [0.2, 0.25) is 0 Å². The second-order valence-corrected chi connectivity index (χ2v) is 4.98. The first-order valence-electron chi connectivity index (χ1n) is 6.21. The number of hydrogen-bond acceptors (Lipinski definition) is 2. The number of benzene rings is 1. The van der Waals surface area contributed by atoms with Gasteiger partial charge in [0.1, 0.15) is 17.2 Å². The molecule has 0 amide bonds. The van der Waals surface area contributed by atoms with E-state index in [2.05, 4.69) is 22.2 Å². The lowest BCUT2D eigenvalue weighted by Gasteiger charge is -2.26. The van der Waals surface area contributed by atoms with Gasteiger partial charge in [-0.1, -0.05) is 0 Å². The summed E-state index contributed by atoms with van der Waals surface area (Å²) in [7, 11) is 0. The van der Waals surface area contributed by atoms with E-state index in [0.29, 0.717) is 11.6 Å². The smallest absolute Gasteiger partial charge is 0.153 e. The lowest BCUT2D eigenvalue weighted by atomic mass is 9.93. The lowest BCUT2D eigenvalue weighted by Crippen LogP contribution is -2.35. The average molecular weight is 251 g/mol. The van der Waals surface area contributed by atoms with Crippen LogP contribution in [0.4, 0.5) is 8.78 Å². The van der Waals surface area contributed by atoms with Crippen molar-refractivity contribution in [2.75, 3.05) is 6.54 Å².